The van der Waals surface area contributed by atoms with E-state index in [4.69, 9.17) is 0 Å². The van der Waals surface area contributed by atoms with Crippen molar-refractivity contribution >= 4 is 0 Å². The zero-order chi connectivity index (χ0) is 16.1. The highest BCUT2D eigenvalue weighted by Crippen LogP contribution is 2.26. The number of hydrogen-bond donors (Lipinski definition) is 0. The molecule has 116 valence electrons. The summed E-state index contributed by atoms with van der Waals surface area (Å²) in [6, 6.07) is 19.2. The minimum absolute atomic E-state index is 0.631. The van der Waals surface area contributed by atoms with Gasteiger partial charge in [-0.05, 0) is 35.1 Å². The largest absolute Gasteiger partial charge is 0.237 e. The van der Waals surface area contributed by atoms with Crippen LogP contribution < -0.4 is 0 Å². The van der Waals surface area contributed by atoms with Crippen molar-refractivity contribution in [2.45, 2.75) is 32.6 Å². The fourth-order valence-electron chi connectivity index (χ4n) is 2.86. The van der Waals surface area contributed by atoms with Gasteiger partial charge in [-0.1, -0.05) is 68.8 Å². The van der Waals surface area contributed by atoms with Crippen LogP contribution in [0, 0.1) is 0 Å². The Balaban J connectivity index is 1.80. The van der Waals surface area contributed by atoms with Crippen LogP contribution in [0.3, 0.4) is 0 Å². The number of nitrogens with zero attached hydrogens (tertiary/aromatic N) is 2. The van der Waals surface area contributed by atoms with Crippen molar-refractivity contribution < 1.29 is 0 Å². The average Bonchev–Trinajstić information content (AvgIpc) is 2.63. The molecule has 0 saturated carbocycles. The van der Waals surface area contributed by atoms with Gasteiger partial charge in [0.15, 0.2) is 5.82 Å². The third-order valence-electron chi connectivity index (χ3n) is 4.24. The van der Waals surface area contributed by atoms with E-state index < -0.39 is 0 Å². The van der Waals surface area contributed by atoms with E-state index in [1.807, 2.05) is 6.07 Å². The van der Waals surface area contributed by atoms with Crippen LogP contribution in [-0.2, 0) is 0 Å². The van der Waals surface area contributed by atoms with E-state index in [1.165, 1.54) is 29.5 Å². The summed E-state index contributed by atoms with van der Waals surface area (Å²) in [5, 5.41) is 0. The lowest BCUT2D eigenvalue weighted by Crippen LogP contribution is -1.92. The average molecular weight is 302 g/mol. The van der Waals surface area contributed by atoms with E-state index in [9.17, 15) is 0 Å². The number of aromatic nitrogens is 2. The predicted molar refractivity (Wildman–Crippen MR) is 96.2 cm³/mol. The van der Waals surface area contributed by atoms with Gasteiger partial charge in [0.1, 0.15) is 0 Å². The Morgan fingerprint density at radius 2 is 1.30 bits per heavy atom. The van der Waals surface area contributed by atoms with Gasteiger partial charge in [0.2, 0.25) is 0 Å². The zero-order valence-corrected chi connectivity index (χ0v) is 13.7. The molecule has 23 heavy (non-hydrogen) atoms. The van der Waals surface area contributed by atoms with Crippen LogP contribution in [0.5, 0.6) is 0 Å². The molecule has 1 unspecified atom stereocenters. The first-order chi connectivity index (χ1) is 11.3. The second kappa shape index (κ2) is 7.19. The summed E-state index contributed by atoms with van der Waals surface area (Å²) in [7, 11) is 0. The topological polar surface area (TPSA) is 25.8 Å². The summed E-state index contributed by atoms with van der Waals surface area (Å²) in [5.74, 6) is 1.40. The second-order valence-electron chi connectivity index (χ2n) is 5.96. The normalized spacial score (nSPS) is 12.1. The van der Waals surface area contributed by atoms with Crippen LogP contribution in [0.4, 0.5) is 0 Å². The van der Waals surface area contributed by atoms with Crippen molar-refractivity contribution in [3.05, 3.63) is 72.6 Å². The summed E-state index contributed by atoms with van der Waals surface area (Å²) in [4.78, 5) is 8.58. The highest BCUT2D eigenvalue weighted by atomic mass is 14.8. The molecule has 1 aromatic heterocycles. The maximum Gasteiger partial charge on any atom is 0.159 e. The maximum absolute atomic E-state index is 4.29. The standard InChI is InChI=1S/C21H22N2/c1-3-5-16(2)17-6-8-18(9-7-17)19-10-12-20(13-11-19)21-22-14-4-15-23-21/h4,6-16H,3,5H2,1-2H3. The molecular formula is C21H22N2. The molecule has 3 aromatic rings. The van der Waals surface area contributed by atoms with E-state index >= 15 is 0 Å². The van der Waals surface area contributed by atoms with Crippen molar-refractivity contribution in [3.63, 3.8) is 0 Å². The van der Waals surface area contributed by atoms with Gasteiger partial charge in [-0.3, -0.25) is 0 Å². The Morgan fingerprint density at radius 3 is 1.87 bits per heavy atom. The second-order valence-corrected chi connectivity index (χ2v) is 5.96. The molecule has 0 bridgehead atoms. The lowest BCUT2D eigenvalue weighted by molar-refractivity contribution is 0.665. The van der Waals surface area contributed by atoms with Crippen LogP contribution in [0.2, 0.25) is 0 Å². The van der Waals surface area contributed by atoms with E-state index in [0.29, 0.717) is 5.92 Å². The van der Waals surface area contributed by atoms with Crippen molar-refractivity contribution in [1.82, 2.24) is 9.97 Å². The molecule has 3 rings (SSSR count). The summed E-state index contributed by atoms with van der Waals surface area (Å²) in [5.41, 5.74) is 4.93. The Hall–Kier alpha value is -2.48. The minimum atomic E-state index is 0.631. The Bertz CT molecular complexity index is 731. The van der Waals surface area contributed by atoms with E-state index in [1.54, 1.807) is 12.4 Å². The fraction of sp³-hybridized carbons (Fsp3) is 0.238. The van der Waals surface area contributed by atoms with Gasteiger partial charge in [-0.15, -0.1) is 0 Å². The molecule has 0 radical (unpaired) electrons. The van der Waals surface area contributed by atoms with Crippen LogP contribution >= 0.6 is 0 Å². The third-order valence-corrected chi connectivity index (χ3v) is 4.24. The zero-order valence-electron chi connectivity index (χ0n) is 13.7. The monoisotopic (exact) mass is 302 g/mol. The molecule has 2 nitrogen and oxygen atoms in total. The fourth-order valence-corrected chi connectivity index (χ4v) is 2.86. The van der Waals surface area contributed by atoms with Crippen LogP contribution in [0.1, 0.15) is 38.2 Å². The lowest BCUT2D eigenvalue weighted by Gasteiger charge is -2.11. The molecule has 2 heteroatoms. The number of hydrogen-bond acceptors (Lipinski definition) is 2. The van der Waals surface area contributed by atoms with Gasteiger partial charge < -0.3 is 0 Å². The first-order valence-corrected chi connectivity index (χ1v) is 8.25. The maximum atomic E-state index is 4.29. The molecule has 0 fully saturated rings. The van der Waals surface area contributed by atoms with E-state index in [2.05, 4.69) is 72.3 Å². The molecule has 0 N–H and O–H groups in total. The van der Waals surface area contributed by atoms with Crippen LogP contribution in [-0.4, -0.2) is 9.97 Å². The van der Waals surface area contributed by atoms with Crippen molar-refractivity contribution in [2.75, 3.05) is 0 Å². The first-order valence-electron chi connectivity index (χ1n) is 8.25. The molecule has 0 saturated heterocycles. The van der Waals surface area contributed by atoms with Crippen molar-refractivity contribution in [2.24, 2.45) is 0 Å². The SMILES string of the molecule is CCCC(C)c1ccc(-c2ccc(-c3ncccn3)cc2)cc1. The molecule has 1 atom stereocenters. The number of benzene rings is 2. The van der Waals surface area contributed by atoms with Gasteiger partial charge in [0.05, 0.1) is 0 Å². The van der Waals surface area contributed by atoms with Gasteiger partial charge in [-0.25, -0.2) is 9.97 Å². The quantitative estimate of drug-likeness (QED) is 0.603. The van der Waals surface area contributed by atoms with Gasteiger partial charge in [0, 0.05) is 18.0 Å². The van der Waals surface area contributed by atoms with Gasteiger partial charge in [-0.2, -0.15) is 0 Å². The summed E-state index contributed by atoms with van der Waals surface area (Å²) in [6.07, 6.45) is 6.01. The molecule has 0 aliphatic heterocycles. The third kappa shape index (κ3) is 3.65. The molecule has 0 aliphatic rings. The predicted octanol–water partition coefficient (Wildman–Crippen LogP) is 5.71. The van der Waals surface area contributed by atoms with Crippen molar-refractivity contribution in [1.29, 1.82) is 0 Å². The smallest absolute Gasteiger partial charge is 0.159 e. The molecule has 1 heterocycles. The van der Waals surface area contributed by atoms with Crippen molar-refractivity contribution in [3.8, 4) is 22.5 Å². The molecule has 2 aromatic carbocycles. The Labute approximate surface area is 138 Å². The summed E-state index contributed by atoms with van der Waals surface area (Å²) >= 11 is 0. The van der Waals surface area contributed by atoms with Gasteiger partial charge in [0.25, 0.3) is 0 Å². The summed E-state index contributed by atoms with van der Waals surface area (Å²) in [6.45, 7) is 4.54. The van der Waals surface area contributed by atoms with Crippen LogP contribution in [0.25, 0.3) is 22.5 Å². The molecule has 0 amide bonds. The highest BCUT2D eigenvalue weighted by molar-refractivity contribution is 5.67. The highest BCUT2D eigenvalue weighted by Gasteiger charge is 2.05. The minimum Gasteiger partial charge on any atom is -0.237 e. The first kappa shape index (κ1) is 15.4. The van der Waals surface area contributed by atoms with Crippen LogP contribution in [0.15, 0.2) is 67.0 Å². The molecule has 0 aliphatic carbocycles. The van der Waals surface area contributed by atoms with E-state index in [0.717, 1.165) is 11.4 Å². The molecular weight excluding hydrogens is 280 g/mol. The summed E-state index contributed by atoms with van der Waals surface area (Å²) < 4.78 is 0. The lowest BCUT2D eigenvalue weighted by atomic mass is 9.94. The Kier molecular flexibility index (Phi) is 4.82. The number of rotatable bonds is 5. The Morgan fingerprint density at radius 1 is 0.783 bits per heavy atom. The van der Waals surface area contributed by atoms with Gasteiger partial charge >= 0.3 is 0 Å². The van der Waals surface area contributed by atoms with E-state index in [-0.39, 0.29) is 0 Å². The molecule has 0 spiro atoms.